The van der Waals surface area contributed by atoms with E-state index in [0.717, 1.165) is 13.0 Å². The molecule has 86 valence electrons. The lowest BCUT2D eigenvalue weighted by molar-refractivity contribution is 0.384. The molecule has 3 N–H and O–H groups in total. The van der Waals surface area contributed by atoms with Crippen LogP contribution < -0.4 is 11.1 Å². The Kier molecular flexibility index (Phi) is 8.14. The first-order valence-electron chi connectivity index (χ1n) is 5.66. The van der Waals surface area contributed by atoms with E-state index in [0.29, 0.717) is 12.1 Å². The third-order valence-corrected chi connectivity index (χ3v) is 2.22. The number of nitrogens with two attached hydrogens (primary N) is 1. The number of unbranched alkanes of at least 4 members (excludes halogenated alkanes) is 1. The smallest absolute Gasteiger partial charge is 0.0165 e. The van der Waals surface area contributed by atoms with Crippen molar-refractivity contribution in [2.45, 2.75) is 45.2 Å². The second kappa shape index (κ2) is 8.21. The van der Waals surface area contributed by atoms with Crippen LogP contribution in [0.2, 0.25) is 0 Å². The van der Waals surface area contributed by atoms with E-state index in [1.165, 1.54) is 19.4 Å². The SMILES string of the molecule is CC(C)NCC(N)CCCCN(C)C. The molecule has 3 heteroatoms. The Labute approximate surface area is 89.0 Å². The monoisotopic (exact) mass is 201 g/mol. The van der Waals surface area contributed by atoms with Crippen LogP contribution in [-0.2, 0) is 0 Å². The molecule has 3 nitrogen and oxygen atoms in total. The van der Waals surface area contributed by atoms with Gasteiger partial charge in [0.15, 0.2) is 0 Å². The van der Waals surface area contributed by atoms with Gasteiger partial charge < -0.3 is 16.0 Å². The Morgan fingerprint density at radius 2 is 1.86 bits per heavy atom. The first-order valence-corrected chi connectivity index (χ1v) is 5.66. The van der Waals surface area contributed by atoms with Gasteiger partial charge in [0.05, 0.1) is 0 Å². The summed E-state index contributed by atoms with van der Waals surface area (Å²) in [6.45, 7) is 6.42. The van der Waals surface area contributed by atoms with E-state index >= 15 is 0 Å². The molecular formula is C11H27N3. The molecule has 0 aromatic rings. The summed E-state index contributed by atoms with van der Waals surface area (Å²) in [6, 6.07) is 0.863. The predicted octanol–water partition coefficient (Wildman–Crippen LogP) is 1.04. The van der Waals surface area contributed by atoms with Gasteiger partial charge in [-0.1, -0.05) is 20.3 Å². The summed E-state index contributed by atoms with van der Waals surface area (Å²) in [7, 11) is 4.22. The van der Waals surface area contributed by atoms with Crippen LogP contribution in [0.4, 0.5) is 0 Å². The minimum Gasteiger partial charge on any atom is -0.327 e. The average molecular weight is 201 g/mol. The second-order valence-corrected chi connectivity index (χ2v) is 4.62. The predicted molar refractivity (Wildman–Crippen MR) is 63.5 cm³/mol. The fourth-order valence-corrected chi connectivity index (χ4v) is 1.32. The van der Waals surface area contributed by atoms with Crippen molar-refractivity contribution >= 4 is 0 Å². The summed E-state index contributed by atoms with van der Waals surface area (Å²) in [4.78, 5) is 2.22. The first-order chi connectivity index (χ1) is 6.52. The third kappa shape index (κ3) is 9.96. The summed E-state index contributed by atoms with van der Waals surface area (Å²) in [5.41, 5.74) is 5.96. The van der Waals surface area contributed by atoms with Gasteiger partial charge in [0.1, 0.15) is 0 Å². The molecule has 0 amide bonds. The van der Waals surface area contributed by atoms with Gasteiger partial charge in [0.25, 0.3) is 0 Å². The number of nitrogens with one attached hydrogen (secondary N) is 1. The second-order valence-electron chi connectivity index (χ2n) is 4.62. The van der Waals surface area contributed by atoms with Crippen LogP contribution in [-0.4, -0.2) is 44.2 Å². The van der Waals surface area contributed by atoms with E-state index in [1.807, 2.05) is 0 Å². The highest BCUT2D eigenvalue weighted by molar-refractivity contribution is 4.66. The van der Waals surface area contributed by atoms with Crippen molar-refractivity contribution in [3.63, 3.8) is 0 Å². The first kappa shape index (κ1) is 13.9. The lowest BCUT2D eigenvalue weighted by atomic mass is 10.1. The van der Waals surface area contributed by atoms with E-state index in [-0.39, 0.29) is 0 Å². The molecule has 0 aliphatic heterocycles. The maximum Gasteiger partial charge on any atom is 0.0165 e. The summed E-state index contributed by atoms with van der Waals surface area (Å²) in [5.74, 6) is 0. The van der Waals surface area contributed by atoms with Gasteiger partial charge >= 0.3 is 0 Å². The molecule has 0 aliphatic rings. The van der Waals surface area contributed by atoms with Crippen LogP contribution >= 0.6 is 0 Å². The normalized spacial score (nSPS) is 13.9. The molecule has 1 atom stereocenters. The summed E-state index contributed by atoms with van der Waals surface area (Å²) < 4.78 is 0. The fraction of sp³-hybridized carbons (Fsp3) is 1.00. The molecule has 0 spiro atoms. The molecule has 0 aromatic carbocycles. The maximum atomic E-state index is 5.96. The van der Waals surface area contributed by atoms with Crippen LogP contribution in [0.15, 0.2) is 0 Å². The molecule has 14 heavy (non-hydrogen) atoms. The quantitative estimate of drug-likeness (QED) is 0.577. The van der Waals surface area contributed by atoms with Crippen molar-refractivity contribution in [2.75, 3.05) is 27.2 Å². The lowest BCUT2D eigenvalue weighted by Crippen LogP contribution is -2.37. The molecule has 0 saturated carbocycles. The molecule has 0 saturated heterocycles. The van der Waals surface area contributed by atoms with Crippen molar-refractivity contribution in [2.24, 2.45) is 5.73 Å². The average Bonchev–Trinajstić information content (AvgIpc) is 2.08. The Morgan fingerprint density at radius 3 is 2.36 bits per heavy atom. The Morgan fingerprint density at radius 1 is 1.21 bits per heavy atom. The van der Waals surface area contributed by atoms with Crippen LogP contribution in [0.1, 0.15) is 33.1 Å². The van der Waals surface area contributed by atoms with E-state index < -0.39 is 0 Å². The highest BCUT2D eigenvalue weighted by Gasteiger charge is 2.02. The molecule has 0 bridgehead atoms. The minimum absolute atomic E-state index is 0.319. The Hall–Kier alpha value is -0.120. The molecule has 0 fully saturated rings. The summed E-state index contributed by atoms with van der Waals surface area (Å²) in [6.07, 6.45) is 3.62. The largest absolute Gasteiger partial charge is 0.327 e. The fourth-order valence-electron chi connectivity index (χ4n) is 1.32. The van der Waals surface area contributed by atoms with Crippen LogP contribution in [0.5, 0.6) is 0 Å². The molecule has 0 aliphatic carbocycles. The van der Waals surface area contributed by atoms with E-state index in [2.05, 4.69) is 38.2 Å². The molecule has 0 heterocycles. The van der Waals surface area contributed by atoms with Crippen molar-refractivity contribution in [3.8, 4) is 0 Å². The van der Waals surface area contributed by atoms with Crippen LogP contribution in [0.3, 0.4) is 0 Å². The zero-order chi connectivity index (χ0) is 11.0. The lowest BCUT2D eigenvalue weighted by Gasteiger charge is -2.15. The number of nitrogens with zero attached hydrogens (tertiary/aromatic N) is 1. The molecule has 1 unspecified atom stereocenters. The number of hydrogen-bond acceptors (Lipinski definition) is 3. The molecule has 0 radical (unpaired) electrons. The van der Waals surface area contributed by atoms with Crippen LogP contribution in [0, 0.1) is 0 Å². The van der Waals surface area contributed by atoms with Gasteiger partial charge in [-0.3, -0.25) is 0 Å². The van der Waals surface area contributed by atoms with Crippen molar-refractivity contribution in [1.29, 1.82) is 0 Å². The van der Waals surface area contributed by atoms with E-state index in [1.54, 1.807) is 0 Å². The van der Waals surface area contributed by atoms with E-state index in [9.17, 15) is 0 Å². The molecule has 0 rings (SSSR count). The van der Waals surface area contributed by atoms with Gasteiger partial charge in [-0.2, -0.15) is 0 Å². The number of hydrogen-bond donors (Lipinski definition) is 2. The van der Waals surface area contributed by atoms with Crippen LogP contribution in [0.25, 0.3) is 0 Å². The van der Waals surface area contributed by atoms with Crippen molar-refractivity contribution in [3.05, 3.63) is 0 Å². The topological polar surface area (TPSA) is 41.3 Å². The Bertz CT molecular complexity index is 124. The highest BCUT2D eigenvalue weighted by atomic mass is 15.0. The zero-order valence-electron chi connectivity index (χ0n) is 10.2. The van der Waals surface area contributed by atoms with Gasteiger partial charge in [0.2, 0.25) is 0 Å². The molecule has 0 aromatic heterocycles. The maximum absolute atomic E-state index is 5.96. The number of rotatable bonds is 8. The van der Waals surface area contributed by atoms with Gasteiger partial charge in [-0.05, 0) is 33.5 Å². The standard InChI is InChI=1S/C11H27N3/c1-10(2)13-9-11(12)7-5-6-8-14(3)4/h10-11,13H,5-9,12H2,1-4H3. The van der Waals surface area contributed by atoms with Crippen molar-refractivity contribution < 1.29 is 0 Å². The van der Waals surface area contributed by atoms with E-state index in [4.69, 9.17) is 5.73 Å². The minimum atomic E-state index is 0.319. The van der Waals surface area contributed by atoms with Gasteiger partial charge in [-0.15, -0.1) is 0 Å². The van der Waals surface area contributed by atoms with Gasteiger partial charge in [0, 0.05) is 18.6 Å². The van der Waals surface area contributed by atoms with Gasteiger partial charge in [-0.25, -0.2) is 0 Å². The highest BCUT2D eigenvalue weighted by Crippen LogP contribution is 1.99. The summed E-state index contributed by atoms with van der Waals surface area (Å²) in [5, 5.41) is 3.36. The molecular weight excluding hydrogens is 174 g/mol. The third-order valence-electron chi connectivity index (χ3n) is 2.22. The zero-order valence-corrected chi connectivity index (χ0v) is 10.2. The Balaban J connectivity index is 3.22. The van der Waals surface area contributed by atoms with Crippen molar-refractivity contribution in [1.82, 2.24) is 10.2 Å². The summed E-state index contributed by atoms with van der Waals surface area (Å²) >= 11 is 0.